The topological polar surface area (TPSA) is 122 Å². The molecule has 1 aliphatic heterocycles. The van der Waals surface area contributed by atoms with Gasteiger partial charge in [-0.05, 0) is 43.3 Å². The van der Waals surface area contributed by atoms with Crippen LogP contribution in [0.15, 0.2) is 66.1 Å². The fourth-order valence-corrected chi connectivity index (χ4v) is 3.39. The van der Waals surface area contributed by atoms with E-state index in [4.69, 9.17) is 9.47 Å². The molecule has 4 aromatic rings. The maximum Gasteiger partial charge on any atom is 0.347 e. The summed E-state index contributed by atoms with van der Waals surface area (Å²) < 4.78 is 10.9. The number of nitrogens with zero attached hydrogens (tertiary/aromatic N) is 2. The van der Waals surface area contributed by atoms with Crippen molar-refractivity contribution in [3.05, 3.63) is 71.7 Å². The first-order chi connectivity index (χ1) is 15.1. The van der Waals surface area contributed by atoms with Gasteiger partial charge in [0.15, 0.2) is 11.3 Å². The minimum absolute atomic E-state index is 0.0120. The molecule has 5 rings (SSSR count). The Bertz CT molecular complexity index is 1400. The number of aromatic amines is 2. The van der Waals surface area contributed by atoms with Gasteiger partial charge in [-0.3, -0.25) is 9.89 Å². The summed E-state index contributed by atoms with van der Waals surface area (Å²) in [6.07, 6.45) is 6.68. The third-order valence-electron chi connectivity index (χ3n) is 4.84. The molecule has 0 amide bonds. The molecule has 0 unspecified atom stereocenters. The average Bonchev–Trinajstić information content (AvgIpc) is 3.47. The molecule has 1 aliphatic rings. The zero-order chi connectivity index (χ0) is 21.4. The van der Waals surface area contributed by atoms with E-state index in [1.165, 1.54) is 0 Å². The fourth-order valence-electron chi connectivity index (χ4n) is 3.39. The molecule has 0 aliphatic carbocycles. The molecule has 154 valence electrons. The monoisotopic (exact) mass is 415 g/mol. The van der Waals surface area contributed by atoms with Gasteiger partial charge >= 0.3 is 5.97 Å². The van der Waals surface area contributed by atoms with Crippen molar-refractivity contribution < 1.29 is 19.1 Å². The van der Waals surface area contributed by atoms with Crippen LogP contribution in [0.2, 0.25) is 0 Å². The molecule has 0 spiro atoms. The number of benzene rings is 1. The highest BCUT2D eigenvalue weighted by Gasteiger charge is 2.37. The minimum Gasteiger partial charge on any atom is -0.462 e. The SMILES string of the molecule is CCOC(=O)C1=C(Nc2ccc3cn[nH]c3c2)O/C(=C\c2c[nH]c3ncccc23)C1=O. The van der Waals surface area contributed by atoms with Gasteiger partial charge in [-0.1, -0.05) is 0 Å². The van der Waals surface area contributed by atoms with Gasteiger partial charge in [0.25, 0.3) is 0 Å². The van der Waals surface area contributed by atoms with Crippen molar-refractivity contribution in [3.8, 4) is 0 Å². The highest BCUT2D eigenvalue weighted by molar-refractivity contribution is 6.26. The summed E-state index contributed by atoms with van der Waals surface area (Å²) in [5.41, 5.74) is 2.64. The number of ether oxygens (including phenoxy) is 2. The lowest BCUT2D eigenvalue weighted by molar-refractivity contribution is -0.139. The molecule has 0 radical (unpaired) electrons. The summed E-state index contributed by atoms with van der Waals surface area (Å²) in [5.74, 6) is -1.27. The highest BCUT2D eigenvalue weighted by atomic mass is 16.5. The van der Waals surface area contributed by atoms with E-state index < -0.39 is 11.8 Å². The van der Waals surface area contributed by atoms with Crippen LogP contribution in [0.1, 0.15) is 12.5 Å². The Kier molecular flexibility index (Phi) is 4.47. The van der Waals surface area contributed by atoms with Crippen molar-refractivity contribution in [1.29, 1.82) is 0 Å². The van der Waals surface area contributed by atoms with Gasteiger partial charge in [-0.15, -0.1) is 0 Å². The predicted octanol–water partition coefficient (Wildman–Crippen LogP) is 3.27. The van der Waals surface area contributed by atoms with Crippen LogP contribution in [0.3, 0.4) is 0 Å². The Morgan fingerprint density at radius 2 is 2.23 bits per heavy atom. The maximum absolute atomic E-state index is 13.0. The van der Waals surface area contributed by atoms with Crippen LogP contribution in [0.4, 0.5) is 5.69 Å². The number of H-pyrrole nitrogens is 2. The van der Waals surface area contributed by atoms with Crippen LogP contribution in [0, 0.1) is 0 Å². The van der Waals surface area contributed by atoms with Gasteiger partial charge in [-0.25, -0.2) is 9.78 Å². The van der Waals surface area contributed by atoms with Gasteiger partial charge in [0.2, 0.25) is 11.7 Å². The summed E-state index contributed by atoms with van der Waals surface area (Å²) in [7, 11) is 0. The Labute approximate surface area is 175 Å². The number of anilines is 1. The molecule has 0 saturated heterocycles. The van der Waals surface area contributed by atoms with E-state index in [1.807, 2.05) is 12.1 Å². The Morgan fingerprint density at radius 1 is 1.32 bits per heavy atom. The second-order valence-electron chi connectivity index (χ2n) is 6.80. The number of fused-ring (bicyclic) bond motifs is 2. The number of nitrogens with one attached hydrogen (secondary N) is 3. The fraction of sp³-hybridized carbons (Fsp3) is 0.0909. The van der Waals surface area contributed by atoms with Crippen molar-refractivity contribution in [2.75, 3.05) is 11.9 Å². The lowest BCUT2D eigenvalue weighted by Gasteiger charge is -2.08. The maximum atomic E-state index is 13.0. The van der Waals surface area contributed by atoms with E-state index in [-0.39, 0.29) is 23.8 Å². The van der Waals surface area contributed by atoms with Crippen LogP contribution < -0.4 is 5.32 Å². The number of rotatable bonds is 5. The molecule has 0 bridgehead atoms. The average molecular weight is 415 g/mol. The lowest BCUT2D eigenvalue weighted by atomic mass is 10.1. The summed E-state index contributed by atoms with van der Waals surface area (Å²) in [4.78, 5) is 32.8. The van der Waals surface area contributed by atoms with Crippen molar-refractivity contribution in [1.82, 2.24) is 20.2 Å². The van der Waals surface area contributed by atoms with Gasteiger partial charge in [0, 0.05) is 34.4 Å². The van der Waals surface area contributed by atoms with E-state index in [2.05, 4.69) is 25.5 Å². The van der Waals surface area contributed by atoms with E-state index in [0.29, 0.717) is 11.3 Å². The van der Waals surface area contributed by atoms with Crippen molar-refractivity contribution in [3.63, 3.8) is 0 Å². The van der Waals surface area contributed by atoms with Gasteiger partial charge < -0.3 is 19.8 Å². The van der Waals surface area contributed by atoms with Crippen LogP contribution in [0.25, 0.3) is 28.0 Å². The first-order valence-corrected chi connectivity index (χ1v) is 9.62. The summed E-state index contributed by atoms with van der Waals surface area (Å²) >= 11 is 0. The molecule has 0 fully saturated rings. The van der Waals surface area contributed by atoms with Crippen LogP contribution >= 0.6 is 0 Å². The molecule has 3 aromatic heterocycles. The second kappa shape index (κ2) is 7.45. The number of Topliss-reactive ketones (excluding diaryl/α,β-unsaturated/α-hetero) is 1. The zero-order valence-electron chi connectivity index (χ0n) is 16.4. The first-order valence-electron chi connectivity index (χ1n) is 9.62. The van der Waals surface area contributed by atoms with Crippen LogP contribution in [-0.4, -0.2) is 38.5 Å². The molecule has 0 atom stereocenters. The minimum atomic E-state index is -0.749. The summed E-state index contributed by atoms with van der Waals surface area (Å²) in [5, 5.41) is 11.6. The van der Waals surface area contributed by atoms with E-state index in [9.17, 15) is 9.59 Å². The standard InChI is InChI=1S/C22H17N5O4/c1-2-30-22(29)18-19(28)17(8-13-10-24-20-15(13)4-3-7-23-20)31-21(18)26-14-6-5-12-11-25-27-16(12)9-14/h3-11,26H,2H2,1H3,(H,23,24)(H,25,27)/b17-8-. The third kappa shape index (κ3) is 3.31. The smallest absolute Gasteiger partial charge is 0.347 e. The van der Waals surface area contributed by atoms with Crippen LogP contribution in [-0.2, 0) is 19.1 Å². The number of ketones is 1. The van der Waals surface area contributed by atoms with Crippen LogP contribution in [0.5, 0.6) is 0 Å². The number of esters is 1. The molecule has 3 N–H and O–H groups in total. The van der Waals surface area contributed by atoms with E-state index >= 15 is 0 Å². The molecular weight excluding hydrogens is 398 g/mol. The normalized spacial score (nSPS) is 15.1. The molecular formula is C22H17N5O4. The molecule has 9 nitrogen and oxygen atoms in total. The highest BCUT2D eigenvalue weighted by Crippen LogP contribution is 2.30. The Hall–Kier alpha value is -4.40. The first kappa shape index (κ1) is 18.6. The number of aromatic nitrogens is 4. The molecule has 9 heteroatoms. The van der Waals surface area contributed by atoms with Gasteiger partial charge in [0.05, 0.1) is 18.3 Å². The Morgan fingerprint density at radius 3 is 3.10 bits per heavy atom. The van der Waals surface area contributed by atoms with Crippen molar-refractivity contribution >= 4 is 45.5 Å². The molecule has 0 saturated carbocycles. The number of carbonyl (C=O) groups is 2. The van der Waals surface area contributed by atoms with Crippen molar-refractivity contribution in [2.24, 2.45) is 0 Å². The summed E-state index contributed by atoms with van der Waals surface area (Å²) in [6.45, 7) is 1.81. The summed E-state index contributed by atoms with van der Waals surface area (Å²) in [6, 6.07) is 9.14. The Balaban J connectivity index is 1.51. The number of allylic oxidation sites excluding steroid dienone is 1. The van der Waals surface area contributed by atoms with Crippen molar-refractivity contribution in [2.45, 2.75) is 6.92 Å². The molecule has 4 heterocycles. The number of pyridine rings is 1. The van der Waals surface area contributed by atoms with E-state index in [0.717, 1.165) is 21.9 Å². The predicted molar refractivity (Wildman–Crippen MR) is 114 cm³/mol. The van der Waals surface area contributed by atoms with E-state index in [1.54, 1.807) is 49.8 Å². The molecule has 1 aromatic carbocycles. The number of hydrogen-bond acceptors (Lipinski definition) is 7. The number of carbonyl (C=O) groups excluding carboxylic acids is 2. The quantitative estimate of drug-likeness (QED) is 0.260. The van der Waals surface area contributed by atoms with Gasteiger partial charge in [0.1, 0.15) is 5.65 Å². The zero-order valence-corrected chi connectivity index (χ0v) is 16.4. The lowest BCUT2D eigenvalue weighted by Crippen LogP contribution is -2.16. The number of hydrogen-bond donors (Lipinski definition) is 3. The third-order valence-corrected chi connectivity index (χ3v) is 4.84. The largest absolute Gasteiger partial charge is 0.462 e. The van der Waals surface area contributed by atoms with Gasteiger partial charge in [-0.2, -0.15) is 5.10 Å². The second-order valence-corrected chi connectivity index (χ2v) is 6.80. The molecule has 31 heavy (non-hydrogen) atoms.